The van der Waals surface area contributed by atoms with Crippen LogP contribution in [0, 0.1) is 6.92 Å². The van der Waals surface area contributed by atoms with Gasteiger partial charge in [0.15, 0.2) is 0 Å². The molecule has 4 rings (SSSR count). The highest BCUT2D eigenvalue weighted by Gasteiger charge is 2.44. The topological polar surface area (TPSA) is 121 Å². The largest absolute Gasteiger partial charge is 0.462 e. The number of hydrogen-bond donors (Lipinski definition) is 4. The van der Waals surface area contributed by atoms with Crippen molar-refractivity contribution in [3.05, 3.63) is 64.6 Å². The van der Waals surface area contributed by atoms with Crippen LogP contribution < -0.4 is 10.3 Å². The summed E-state index contributed by atoms with van der Waals surface area (Å²) in [5.41, 5.74) is 2.47. The van der Waals surface area contributed by atoms with E-state index in [1.165, 1.54) is 0 Å². The molecular formula is C25H29NO7. The molecule has 5 atom stereocenters. The molecule has 1 fully saturated rings. The van der Waals surface area contributed by atoms with E-state index in [1.54, 1.807) is 10.6 Å². The Morgan fingerprint density at radius 3 is 2.36 bits per heavy atom. The number of aryl methyl sites for hydroxylation is 1. The van der Waals surface area contributed by atoms with Crippen LogP contribution in [0.5, 0.6) is 5.75 Å². The number of hydrogen-bond acceptors (Lipinski definition) is 7. The minimum absolute atomic E-state index is 0.0383. The average molecular weight is 456 g/mol. The first-order valence-corrected chi connectivity index (χ1v) is 10.9. The molecule has 8 nitrogen and oxygen atoms in total. The molecule has 0 saturated carbocycles. The summed E-state index contributed by atoms with van der Waals surface area (Å²) in [5.74, 6) is 0.422. The molecule has 3 unspecified atom stereocenters. The van der Waals surface area contributed by atoms with E-state index in [1.807, 2.05) is 63.4 Å². The molecule has 1 aliphatic heterocycles. The molecular weight excluding hydrogens is 426 g/mol. The van der Waals surface area contributed by atoms with Crippen LogP contribution in [0.1, 0.15) is 25.5 Å². The summed E-state index contributed by atoms with van der Waals surface area (Å²) in [5, 5.41) is 41.0. The lowest BCUT2D eigenvalue weighted by atomic mass is 9.99. The fourth-order valence-electron chi connectivity index (χ4n) is 4.09. The lowest BCUT2D eigenvalue weighted by molar-refractivity contribution is -0.277. The standard InChI is InChI=1S/C25H29NO7/c1-13(2)26-9-8-15-4-5-17(11-18(15)24(26)31)16-6-7-19(14(3)10-16)32-25-23(30)22(29)21(28)20(12-27)33-25/h4-11,13,20-23,25,27-30H,12H2,1-3H3/t20?,21-,22?,23?,25+/m1/s1. The minimum atomic E-state index is -1.51. The zero-order valence-electron chi connectivity index (χ0n) is 18.8. The van der Waals surface area contributed by atoms with Gasteiger partial charge in [0.1, 0.15) is 30.2 Å². The highest BCUT2D eigenvalue weighted by atomic mass is 16.7. The van der Waals surface area contributed by atoms with Gasteiger partial charge in [-0.25, -0.2) is 0 Å². The van der Waals surface area contributed by atoms with Gasteiger partial charge in [-0.05, 0) is 67.1 Å². The van der Waals surface area contributed by atoms with Crippen LogP contribution in [0.3, 0.4) is 0 Å². The maximum absolute atomic E-state index is 12.9. The Hall–Kier alpha value is -2.75. The summed E-state index contributed by atoms with van der Waals surface area (Å²) < 4.78 is 12.9. The van der Waals surface area contributed by atoms with Crippen molar-refractivity contribution in [2.45, 2.75) is 57.5 Å². The second kappa shape index (κ2) is 9.24. The van der Waals surface area contributed by atoms with Crippen molar-refractivity contribution < 1.29 is 29.9 Å². The second-order valence-corrected chi connectivity index (χ2v) is 8.72. The Bertz CT molecular complexity index is 1200. The van der Waals surface area contributed by atoms with E-state index in [0.717, 1.165) is 22.1 Å². The van der Waals surface area contributed by atoms with Gasteiger partial charge < -0.3 is 34.5 Å². The van der Waals surface area contributed by atoms with Gasteiger partial charge in [0, 0.05) is 17.6 Å². The van der Waals surface area contributed by atoms with E-state index in [9.17, 15) is 25.2 Å². The van der Waals surface area contributed by atoms with Crippen molar-refractivity contribution in [1.29, 1.82) is 0 Å². The van der Waals surface area contributed by atoms with Gasteiger partial charge in [-0.3, -0.25) is 4.79 Å². The maximum Gasteiger partial charge on any atom is 0.258 e. The van der Waals surface area contributed by atoms with Crippen LogP contribution in [-0.2, 0) is 4.74 Å². The summed E-state index contributed by atoms with van der Waals surface area (Å²) >= 11 is 0. The minimum Gasteiger partial charge on any atom is -0.462 e. The van der Waals surface area contributed by atoms with E-state index in [-0.39, 0.29) is 11.6 Å². The number of aromatic nitrogens is 1. The van der Waals surface area contributed by atoms with Gasteiger partial charge in [-0.2, -0.15) is 0 Å². The molecule has 1 aliphatic rings. The quantitative estimate of drug-likeness (QED) is 0.462. The van der Waals surface area contributed by atoms with Crippen molar-refractivity contribution in [3.63, 3.8) is 0 Å². The van der Waals surface area contributed by atoms with Crippen LogP contribution in [-0.4, -0.2) is 62.3 Å². The molecule has 0 radical (unpaired) electrons. The van der Waals surface area contributed by atoms with Gasteiger partial charge in [-0.15, -0.1) is 0 Å². The van der Waals surface area contributed by atoms with Gasteiger partial charge >= 0.3 is 0 Å². The number of aliphatic hydroxyl groups is 4. The summed E-state index contributed by atoms with van der Waals surface area (Å²) in [7, 11) is 0. The normalized spacial score (nSPS) is 25.5. The zero-order chi connectivity index (χ0) is 23.9. The van der Waals surface area contributed by atoms with E-state index in [0.29, 0.717) is 11.1 Å². The van der Waals surface area contributed by atoms with Gasteiger partial charge in [0.05, 0.1) is 6.61 Å². The van der Waals surface area contributed by atoms with Crippen molar-refractivity contribution in [2.75, 3.05) is 6.61 Å². The van der Waals surface area contributed by atoms with Gasteiger partial charge in [0.2, 0.25) is 6.29 Å². The number of fused-ring (bicyclic) bond motifs is 1. The van der Waals surface area contributed by atoms with Crippen molar-refractivity contribution >= 4 is 10.8 Å². The lowest BCUT2D eigenvalue weighted by Crippen LogP contribution is -2.60. The zero-order valence-corrected chi connectivity index (χ0v) is 18.8. The number of pyridine rings is 1. The molecule has 8 heteroatoms. The number of aliphatic hydroxyl groups excluding tert-OH is 4. The Labute approximate surface area is 191 Å². The number of rotatable bonds is 5. The van der Waals surface area contributed by atoms with E-state index >= 15 is 0 Å². The Balaban J connectivity index is 1.62. The summed E-state index contributed by atoms with van der Waals surface area (Å²) in [6.07, 6.45) is -4.91. The highest BCUT2D eigenvalue weighted by Crippen LogP contribution is 2.30. The molecule has 0 bridgehead atoms. The Morgan fingerprint density at radius 2 is 1.70 bits per heavy atom. The molecule has 0 aliphatic carbocycles. The first-order valence-electron chi connectivity index (χ1n) is 10.9. The third-order valence-corrected chi connectivity index (χ3v) is 6.09. The molecule has 1 saturated heterocycles. The Kier molecular flexibility index (Phi) is 6.56. The molecule has 0 spiro atoms. The Morgan fingerprint density at radius 1 is 1.00 bits per heavy atom. The number of ether oxygens (including phenoxy) is 2. The molecule has 33 heavy (non-hydrogen) atoms. The van der Waals surface area contributed by atoms with Gasteiger partial charge in [-0.1, -0.05) is 18.2 Å². The van der Waals surface area contributed by atoms with Crippen LogP contribution in [0.4, 0.5) is 0 Å². The lowest BCUT2D eigenvalue weighted by Gasteiger charge is -2.39. The van der Waals surface area contributed by atoms with E-state index < -0.39 is 37.3 Å². The fraction of sp³-hybridized carbons (Fsp3) is 0.400. The molecule has 1 aromatic heterocycles. The van der Waals surface area contributed by atoms with E-state index in [4.69, 9.17) is 9.47 Å². The second-order valence-electron chi connectivity index (χ2n) is 8.72. The van der Waals surface area contributed by atoms with Crippen molar-refractivity contribution in [2.24, 2.45) is 0 Å². The third-order valence-electron chi connectivity index (χ3n) is 6.09. The monoisotopic (exact) mass is 455 g/mol. The molecule has 176 valence electrons. The fourth-order valence-corrected chi connectivity index (χ4v) is 4.09. The van der Waals surface area contributed by atoms with Crippen LogP contribution >= 0.6 is 0 Å². The predicted molar refractivity (Wildman–Crippen MR) is 123 cm³/mol. The first kappa shape index (κ1) is 23.4. The first-order chi connectivity index (χ1) is 15.7. The summed E-state index contributed by atoms with van der Waals surface area (Å²) in [4.78, 5) is 12.9. The molecule has 4 N–H and O–H groups in total. The van der Waals surface area contributed by atoms with Crippen molar-refractivity contribution in [1.82, 2.24) is 4.57 Å². The third kappa shape index (κ3) is 4.40. The van der Waals surface area contributed by atoms with Crippen LogP contribution in [0.15, 0.2) is 53.5 Å². The highest BCUT2D eigenvalue weighted by molar-refractivity contribution is 5.86. The molecule has 3 aromatic rings. The number of benzene rings is 2. The average Bonchev–Trinajstić information content (AvgIpc) is 2.80. The SMILES string of the molecule is Cc1cc(-c2ccc3ccn(C(C)C)c(=O)c3c2)ccc1O[C@H]1OC(CO)[C@@H](O)C(O)C1O. The van der Waals surface area contributed by atoms with E-state index in [2.05, 4.69) is 0 Å². The maximum atomic E-state index is 12.9. The van der Waals surface area contributed by atoms with Crippen molar-refractivity contribution in [3.8, 4) is 16.9 Å². The predicted octanol–water partition coefficient (Wildman–Crippen LogP) is 1.74. The number of nitrogens with zero attached hydrogens (tertiary/aromatic N) is 1. The molecule has 0 amide bonds. The molecule has 2 aromatic carbocycles. The smallest absolute Gasteiger partial charge is 0.258 e. The van der Waals surface area contributed by atoms with Crippen LogP contribution in [0.25, 0.3) is 21.9 Å². The van der Waals surface area contributed by atoms with Gasteiger partial charge in [0.25, 0.3) is 5.56 Å². The molecule has 2 heterocycles. The summed E-state index contributed by atoms with van der Waals surface area (Å²) in [6, 6.07) is 13.2. The van der Waals surface area contributed by atoms with Crippen LogP contribution in [0.2, 0.25) is 0 Å². The summed E-state index contributed by atoms with van der Waals surface area (Å²) in [6.45, 7) is 5.24.